The van der Waals surface area contributed by atoms with E-state index in [0.717, 1.165) is 120 Å². The molecule has 0 aliphatic heterocycles. The Morgan fingerprint density at radius 2 is 0.471 bits per heavy atom. The van der Waals surface area contributed by atoms with Crippen LogP contribution in [0.1, 0.15) is 428 Å². The molecule has 17 nitrogen and oxygen atoms in total. The second-order valence-corrected chi connectivity index (χ2v) is 34.2. The largest absolute Gasteiger partial charge is 0.472 e. The SMILES string of the molecule is CCC(C)CCCCCCCCCCCCCCCCC(=O)O[C@H](COC(=O)CCCCCCCCC(C)CC)COP(=O)(O)OC[C@H](O)COP(=O)(O)OC[C@@H](COC(=O)CCCCCCCCCCCCC(C)C)OC(=O)CCCCCCCCCCCCCCCCCCCCC(C)C. The Morgan fingerprint density at radius 3 is 0.696 bits per heavy atom. The monoisotopic (exact) mass is 1490 g/mol. The van der Waals surface area contributed by atoms with Crippen molar-refractivity contribution in [2.24, 2.45) is 23.7 Å². The number of aliphatic hydroxyl groups excluding tert-OH is 1. The summed E-state index contributed by atoms with van der Waals surface area (Å²) < 4.78 is 68.8. The first-order valence-corrected chi connectivity index (χ1v) is 45.8. The second-order valence-electron chi connectivity index (χ2n) is 31.3. The standard InChI is InChI=1S/C83H162O17P2/c1-9-75(7)61-53-45-37-31-24-20-17-18-22-26-34-40-50-58-66-83(88)100-79(70-94-81(86)64-56-48-42-41-46-54-62-76(8)10-2)72-98-102(91,92)96-68-77(84)67-95-101(89,90)97-71-78(69-93-80(85)63-55-47-38-32-28-27-30-36-44-52-60-74(5)6)99-82(87)65-57-49-39-33-25-21-16-14-12-11-13-15-19-23-29-35-43-51-59-73(3)4/h73-79,84H,9-72H2,1-8H3,(H,89,90)(H,91,92)/t75?,76?,77-,78-,79-/m1/s1. The van der Waals surface area contributed by atoms with Gasteiger partial charge in [0, 0.05) is 25.7 Å². The van der Waals surface area contributed by atoms with E-state index in [2.05, 4.69) is 55.4 Å². The molecule has 0 amide bonds. The van der Waals surface area contributed by atoms with Crippen LogP contribution >= 0.6 is 15.6 Å². The van der Waals surface area contributed by atoms with Crippen LogP contribution in [0, 0.1) is 23.7 Å². The highest BCUT2D eigenvalue weighted by molar-refractivity contribution is 7.47. The van der Waals surface area contributed by atoms with Crippen molar-refractivity contribution in [2.75, 3.05) is 39.6 Å². The molecule has 0 spiro atoms. The third-order valence-corrected chi connectivity index (χ3v) is 21.9. The minimum absolute atomic E-state index is 0.106. The van der Waals surface area contributed by atoms with Crippen LogP contribution in [0.25, 0.3) is 0 Å². The molecular weight excluding hydrogens is 1330 g/mol. The van der Waals surface area contributed by atoms with E-state index in [0.29, 0.717) is 25.7 Å². The van der Waals surface area contributed by atoms with Crippen molar-refractivity contribution in [3.05, 3.63) is 0 Å². The number of ether oxygens (including phenoxy) is 4. The van der Waals surface area contributed by atoms with Gasteiger partial charge in [0.1, 0.15) is 19.3 Å². The van der Waals surface area contributed by atoms with Gasteiger partial charge < -0.3 is 33.8 Å². The van der Waals surface area contributed by atoms with Gasteiger partial charge in [-0.05, 0) is 49.4 Å². The average Bonchev–Trinajstić information content (AvgIpc) is 0.913. The molecule has 0 aliphatic carbocycles. The predicted octanol–water partition coefficient (Wildman–Crippen LogP) is 24.8. The van der Waals surface area contributed by atoms with E-state index in [1.807, 2.05) is 0 Å². The molecule has 0 rings (SSSR count). The van der Waals surface area contributed by atoms with E-state index in [1.54, 1.807) is 0 Å². The molecule has 0 aromatic heterocycles. The van der Waals surface area contributed by atoms with Crippen LogP contribution in [0.15, 0.2) is 0 Å². The quantitative estimate of drug-likeness (QED) is 0.0222. The number of unbranched alkanes of at least 4 members (excludes halogenated alkanes) is 44. The van der Waals surface area contributed by atoms with Crippen LogP contribution < -0.4 is 0 Å². The molecule has 102 heavy (non-hydrogen) atoms. The summed E-state index contributed by atoms with van der Waals surface area (Å²) in [6, 6.07) is 0. The maximum absolute atomic E-state index is 13.1. The van der Waals surface area contributed by atoms with Crippen LogP contribution in [0.4, 0.5) is 0 Å². The van der Waals surface area contributed by atoms with Gasteiger partial charge in [-0.2, -0.15) is 0 Å². The van der Waals surface area contributed by atoms with Crippen molar-refractivity contribution in [2.45, 2.75) is 446 Å². The minimum Gasteiger partial charge on any atom is -0.462 e. The molecule has 0 aliphatic rings. The fourth-order valence-electron chi connectivity index (χ4n) is 12.7. The molecule has 0 heterocycles. The lowest BCUT2D eigenvalue weighted by Crippen LogP contribution is -2.30. The Hall–Kier alpha value is -1.94. The van der Waals surface area contributed by atoms with Gasteiger partial charge >= 0.3 is 39.5 Å². The predicted molar refractivity (Wildman–Crippen MR) is 418 cm³/mol. The number of esters is 4. The van der Waals surface area contributed by atoms with Crippen molar-refractivity contribution >= 4 is 39.5 Å². The number of aliphatic hydroxyl groups is 1. The van der Waals surface area contributed by atoms with Crippen LogP contribution in [0.2, 0.25) is 0 Å². The van der Waals surface area contributed by atoms with Gasteiger partial charge in [-0.1, -0.05) is 376 Å². The summed E-state index contributed by atoms with van der Waals surface area (Å²) in [7, 11) is -9.92. The Labute approximate surface area is 626 Å². The number of carbonyl (C=O) groups excluding carboxylic acids is 4. The average molecular weight is 1490 g/mol. The molecular formula is C83H162O17P2. The van der Waals surface area contributed by atoms with Gasteiger partial charge in [-0.15, -0.1) is 0 Å². The van der Waals surface area contributed by atoms with Gasteiger partial charge in [0.05, 0.1) is 26.4 Å². The number of rotatable bonds is 80. The maximum atomic E-state index is 13.1. The highest BCUT2D eigenvalue weighted by atomic mass is 31.2. The molecule has 7 atom stereocenters. The van der Waals surface area contributed by atoms with Crippen LogP contribution in [0.5, 0.6) is 0 Å². The molecule has 0 aromatic rings. The van der Waals surface area contributed by atoms with Crippen molar-refractivity contribution in [1.82, 2.24) is 0 Å². The number of carbonyl (C=O) groups is 4. The molecule has 4 unspecified atom stereocenters. The first-order chi connectivity index (χ1) is 49.2. The second kappa shape index (κ2) is 72.0. The van der Waals surface area contributed by atoms with Gasteiger partial charge in [0.15, 0.2) is 12.2 Å². The maximum Gasteiger partial charge on any atom is 0.472 e. The van der Waals surface area contributed by atoms with Gasteiger partial charge in [0.25, 0.3) is 0 Å². The summed E-state index contributed by atoms with van der Waals surface area (Å²) >= 11 is 0. The summed E-state index contributed by atoms with van der Waals surface area (Å²) in [5.74, 6) is 1.04. The minimum atomic E-state index is -4.96. The molecule has 0 radical (unpaired) electrons. The van der Waals surface area contributed by atoms with Crippen molar-refractivity contribution in [3.63, 3.8) is 0 Å². The van der Waals surface area contributed by atoms with E-state index < -0.39 is 97.5 Å². The zero-order chi connectivity index (χ0) is 75.3. The fourth-order valence-corrected chi connectivity index (χ4v) is 14.3. The third kappa shape index (κ3) is 73.6. The highest BCUT2D eigenvalue weighted by Crippen LogP contribution is 2.45. The van der Waals surface area contributed by atoms with Crippen LogP contribution in [-0.4, -0.2) is 96.7 Å². The number of phosphoric ester groups is 2. The van der Waals surface area contributed by atoms with Crippen LogP contribution in [-0.2, 0) is 65.4 Å². The van der Waals surface area contributed by atoms with E-state index >= 15 is 0 Å². The summed E-state index contributed by atoms with van der Waals surface area (Å²) in [5, 5.41) is 10.7. The zero-order valence-corrected chi connectivity index (χ0v) is 69.0. The molecule has 19 heteroatoms. The van der Waals surface area contributed by atoms with Crippen LogP contribution in [0.3, 0.4) is 0 Å². The third-order valence-electron chi connectivity index (χ3n) is 20.0. The lowest BCUT2D eigenvalue weighted by atomic mass is 9.99. The molecule has 0 bridgehead atoms. The van der Waals surface area contributed by atoms with E-state index in [9.17, 15) is 43.2 Å². The molecule has 0 fully saturated rings. The normalized spacial score (nSPS) is 14.5. The summed E-state index contributed by atoms with van der Waals surface area (Å²) in [5.41, 5.74) is 0. The topological polar surface area (TPSA) is 237 Å². The Balaban J connectivity index is 5.21. The lowest BCUT2D eigenvalue weighted by molar-refractivity contribution is -0.161. The lowest BCUT2D eigenvalue weighted by Gasteiger charge is -2.21. The molecule has 606 valence electrons. The highest BCUT2D eigenvalue weighted by Gasteiger charge is 2.30. The summed E-state index contributed by atoms with van der Waals surface area (Å²) in [6.07, 6.45) is 59.7. The van der Waals surface area contributed by atoms with E-state index in [-0.39, 0.29) is 25.7 Å². The number of phosphoric acid groups is 2. The zero-order valence-electron chi connectivity index (χ0n) is 67.2. The number of hydrogen-bond donors (Lipinski definition) is 3. The fraction of sp³-hybridized carbons (Fsp3) is 0.952. The first kappa shape index (κ1) is 100. The number of hydrogen-bond acceptors (Lipinski definition) is 15. The van der Waals surface area contributed by atoms with Crippen molar-refractivity contribution in [3.8, 4) is 0 Å². The molecule has 3 N–H and O–H groups in total. The Kier molecular flexibility index (Phi) is 70.6. The van der Waals surface area contributed by atoms with E-state index in [1.165, 1.54) is 225 Å². The molecule has 0 saturated carbocycles. The van der Waals surface area contributed by atoms with Crippen molar-refractivity contribution < 1.29 is 80.2 Å². The van der Waals surface area contributed by atoms with Crippen molar-refractivity contribution in [1.29, 1.82) is 0 Å². The van der Waals surface area contributed by atoms with Gasteiger partial charge in [-0.25, -0.2) is 9.13 Å². The first-order valence-electron chi connectivity index (χ1n) is 42.8. The van der Waals surface area contributed by atoms with E-state index in [4.69, 9.17) is 37.0 Å². The Morgan fingerprint density at radius 1 is 0.275 bits per heavy atom. The smallest absolute Gasteiger partial charge is 0.462 e. The molecule has 0 saturated heterocycles. The van der Waals surface area contributed by atoms with Gasteiger partial charge in [0.2, 0.25) is 0 Å². The summed E-state index contributed by atoms with van der Waals surface area (Å²) in [4.78, 5) is 73.1. The Bertz CT molecular complexity index is 1990. The molecule has 0 aromatic carbocycles. The summed E-state index contributed by atoms with van der Waals surface area (Å²) in [6.45, 7) is 14.3. The van der Waals surface area contributed by atoms with Gasteiger partial charge in [-0.3, -0.25) is 37.3 Å².